The molecule has 0 atom stereocenters. The summed E-state index contributed by atoms with van der Waals surface area (Å²) in [6, 6.07) is 8.60. The van der Waals surface area contributed by atoms with E-state index in [9.17, 15) is 14.7 Å². The number of carbonyl (C=O) groups excluding carboxylic acids is 2. The van der Waals surface area contributed by atoms with Crippen molar-refractivity contribution in [3.05, 3.63) is 52.7 Å². The Kier molecular flexibility index (Phi) is 5.82. The summed E-state index contributed by atoms with van der Waals surface area (Å²) in [6.07, 6.45) is 3.10. The van der Waals surface area contributed by atoms with Crippen LogP contribution >= 0.6 is 0 Å². The van der Waals surface area contributed by atoms with E-state index in [1.54, 1.807) is 37.1 Å². The molecule has 7 nitrogen and oxygen atoms in total. The van der Waals surface area contributed by atoms with Crippen molar-refractivity contribution in [1.82, 2.24) is 9.88 Å². The molecule has 0 unspecified atom stereocenters. The summed E-state index contributed by atoms with van der Waals surface area (Å²) in [6.45, 7) is 5.91. The topological polar surface area (TPSA) is 91.9 Å². The van der Waals surface area contributed by atoms with Crippen LogP contribution in [0.3, 0.4) is 0 Å². The summed E-state index contributed by atoms with van der Waals surface area (Å²) < 4.78 is 11.3. The molecule has 32 heavy (non-hydrogen) atoms. The van der Waals surface area contributed by atoms with E-state index < -0.39 is 5.97 Å². The quantitative estimate of drug-likeness (QED) is 0.526. The Labute approximate surface area is 186 Å². The van der Waals surface area contributed by atoms with E-state index in [0.29, 0.717) is 23.8 Å². The van der Waals surface area contributed by atoms with Crippen molar-refractivity contribution >= 4 is 22.8 Å². The Morgan fingerprint density at radius 2 is 1.94 bits per heavy atom. The van der Waals surface area contributed by atoms with Crippen molar-refractivity contribution in [2.75, 3.05) is 13.7 Å². The van der Waals surface area contributed by atoms with Gasteiger partial charge < -0.3 is 24.5 Å². The van der Waals surface area contributed by atoms with Crippen LogP contribution in [0.25, 0.3) is 10.9 Å². The number of phenols is 1. The van der Waals surface area contributed by atoms with Crippen molar-refractivity contribution in [3.8, 4) is 17.2 Å². The van der Waals surface area contributed by atoms with Crippen LogP contribution in [0.5, 0.6) is 17.2 Å². The largest absolute Gasteiger partial charge is 0.507 e. The van der Waals surface area contributed by atoms with Crippen molar-refractivity contribution < 1.29 is 24.2 Å². The monoisotopic (exact) mass is 436 g/mol. The van der Waals surface area contributed by atoms with Crippen molar-refractivity contribution in [2.45, 2.75) is 46.1 Å². The third-order valence-electron chi connectivity index (χ3n) is 6.17. The first-order valence-corrected chi connectivity index (χ1v) is 10.9. The zero-order valence-electron chi connectivity index (χ0n) is 18.8. The highest BCUT2D eigenvalue weighted by Gasteiger charge is 2.28. The number of hydrogen-bond donors (Lipinski definition) is 2. The van der Waals surface area contributed by atoms with Gasteiger partial charge in [-0.05, 0) is 75.9 Å². The van der Waals surface area contributed by atoms with Gasteiger partial charge in [0.15, 0.2) is 0 Å². The molecule has 1 fully saturated rings. The van der Waals surface area contributed by atoms with Gasteiger partial charge in [0.1, 0.15) is 22.9 Å². The molecule has 1 heterocycles. The van der Waals surface area contributed by atoms with E-state index in [1.807, 2.05) is 19.9 Å². The summed E-state index contributed by atoms with van der Waals surface area (Å²) in [5.41, 5.74) is 3.16. The first-order valence-electron chi connectivity index (χ1n) is 10.9. The van der Waals surface area contributed by atoms with E-state index in [-0.39, 0.29) is 23.3 Å². The maximum atomic E-state index is 12.9. The molecule has 0 bridgehead atoms. The SMILES string of the molecule is CCOC(=O)c1cc2c(C)c(Oc3ccc(O)c(C(=O)N(C)C4CCC4)c3)c(C)cc2[nH]1. The van der Waals surface area contributed by atoms with Gasteiger partial charge in [-0.2, -0.15) is 0 Å². The van der Waals surface area contributed by atoms with Gasteiger partial charge in [0, 0.05) is 29.6 Å². The number of aromatic nitrogens is 1. The lowest BCUT2D eigenvalue weighted by molar-refractivity contribution is 0.0520. The first-order chi connectivity index (χ1) is 15.3. The van der Waals surface area contributed by atoms with Crippen LogP contribution in [-0.2, 0) is 4.74 Å². The number of amides is 1. The third-order valence-corrected chi connectivity index (χ3v) is 6.17. The number of H-pyrrole nitrogens is 1. The minimum Gasteiger partial charge on any atom is -0.507 e. The molecule has 7 heteroatoms. The maximum Gasteiger partial charge on any atom is 0.354 e. The van der Waals surface area contributed by atoms with Crippen LogP contribution in [-0.4, -0.2) is 46.6 Å². The fourth-order valence-electron chi connectivity index (χ4n) is 4.07. The number of nitrogens with one attached hydrogen (secondary N) is 1. The second-order valence-electron chi connectivity index (χ2n) is 8.29. The molecule has 1 aromatic heterocycles. The molecule has 168 valence electrons. The van der Waals surface area contributed by atoms with E-state index in [1.165, 1.54) is 6.07 Å². The lowest BCUT2D eigenvalue weighted by Crippen LogP contribution is -2.41. The number of esters is 1. The second kappa shape index (κ2) is 8.57. The normalized spacial score (nSPS) is 13.6. The Bertz CT molecular complexity index is 1190. The molecule has 1 aliphatic carbocycles. The molecule has 0 radical (unpaired) electrons. The molecule has 4 rings (SSSR count). The molecule has 0 spiro atoms. The van der Waals surface area contributed by atoms with Gasteiger partial charge in [0.2, 0.25) is 0 Å². The van der Waals surface area contributed by atoms with Crippen LogP contribution in [0.15, 0.2) is 30.3 Å². The van der Waals surface area contributed by atoms with Crippen molar-refractivity contribution in [1.29, 1.82) is 0 Å². The summed E-state index contributed by atoms with van der Waals surface area (Å²) in [5, 5.41) is 11.1. The van der Waals surface area contributed by atoms with Crippen LogP contribution < -0.4 is 4.74 Å². The molecule has 0 aliphatic heterocycles. The molecule has 1 amide bonds. The first kappa shape index (κ1) is 21.7. The number of aryl methyl sites for hydroxylation is 2. The zero-order chi connectivity index (χ0) is 23.0. The molecule has 3 aromatic rings. The molecule has 2 aromatic carbocycles. The number of aromatic hydroxyl groups is 1. The number of fused-ring (bicyclic) bond motifs is 1. The van der Waals surface area contributed by atoms with E-state index >= 15 is 0 Å². The average Bonchev–Trinajstić information content (AvgIpc) is 3.15. The van der Waals surface area contributed by atoms with Crippen LogP contribution in [0.1, 0.15) is 58.2 Å². The van der Waals surface area contributed by atoms with E-state index in [2.05, 4.69) is 4.98 Å². The maximum absolute atomic E-state index is 12.9. The highest BCUT2D eigenvalue weighted by Crippen LogP contribution is 2.36. The molecule has 2 N–H and O–H groups in total. The van der Waals surface area contributed by atoms with Gasteiger partial charge in [-0.3, -0.25) is 4.79 Å². The highest BCUT2D eigenvalue weighted by molar-refractivity contribution is 5.98. The predicted molar refractivity (Wildman–Crippen MR) is 122 cm³/mol. The number of rotatable bonds is 6. The lowest BCUT2D eigenvalue weighted by Gasteiger charge is -2.34. The molecule has 1 saturated carbocycles. The van der Waals surface area contributed by atoms with Gasteiger partial charge in [0.05, 0.1) is 12.2 Å². The fourth-order valence-corrected chi connectivity index (χ4v) is 4.07. The molecular weight excluding hydrogens is 408 g/mol. The standard InChI is InChI=1S/C25H28N2O5/c1-5-31-25(30)21-13-18-15(3)23(14(2)11-20(18)26-21)32-17-9-10-22(28)19(12-17)24(29)27(4)16-7-6-8-16/h9-13,16,26,28H,5-8H2,1-4H3. The van der Waals surface area contributed by atoms with E-state index in [0.717, 1.165) is 41.3 Å². The predicted octanol–water partition coefficient (Wildman–Crippen LogP) is 5.08. The van der Waals surface area contributed by atoms with Crippen LogP contribution in [0.2, 0.25) is 0 Å². The average molecular weight is 437 g/mol. The Morgan fingerprint density at radius 3 is 2.59 bits per heavy atom. The van der Waals surface area contributed by atoms with Gasteiger partial charge in [-0.1, -0.05) is 0 Å². The van der Waals surface area contributed by atoms with Crippen molar-refractivity contribution in [2.24, 2.45) is 0 Å². The van der Waals surface area contributed by atoms with Gasteiger partial charge in [-0.25, -0.2) is 4.79 Å². The van der Waals surface area contributed by atoms with Crippen LogP contribution in [0, 0.1) is 13.8 Å². The minimum absolute atomic E-state index is 0.0675. The molecule has 1 aliphatic rings. The van der Waals surface area contributed by atoms with Gasteiger partial charge in [-0.15, -0.1) is 0 Å². The van der Waals surface area contributed by atoms with Gasteiger partial charge >= 0.3 is 5.97 Å². The van der Waals surface area contributed by atoms with E-state index in [4.69, 9.17) is 9.47 Å². The fraction of sp³-hybridized carbons (Fsp3) is 0.360. The number of nitrogens with zero attached hydrogens (tertiary/aromatic N) is 1. The van der Waals surface area contributed by atoms with Crippen LogP contribution in [0.4, 0.5) is 0 Å². The van der Waals surface area contributed by atoms with Gasteiger partial charge in [0.25, 0.3) is 5.91 Å². The number of aromatic amines is 1. The second-order valence-corrected chi connectivity index (χ2v) is 8.29. The smallest absolute Gasteiger partial charge is 0.354 e. The number of carbonyl (C=O) groups is 2. The Hall–Kier alpha value is -3.48. The summed E-state index contributed by atoms with van der Waals surface area (Å²) in [4.78, 5) is 29.8. The third kappa shape index (κ3) is 3.90. The number of hydrogen-bond acceptors (Lipinski definition) is 5. The highest BCUT2D eigenvalue weighted by atomic mass is 16.5. The number of ether oxygens (including phenoxy) is 2. The number of benzene rings is 2. The number of phenolic OH excluding ortho intramolecular Hbond substituents is 1. The minimum atomic E-state index is -0.402. The lowest BCUT2D eigenvalue weighted by atomic mass is 9.91. The zero-order valence-corrected chi connectivity index (χ0v) is 18.8. The van der Waals surface area contributed by atoms with Crippen molar-refractivity contribution in [3.63, 3.8) is 0 Å². The molecule has 0 saturated heterocycles. The summed E-state index contributed by atoms with van der Waals surface area (Å²) >= 11 is 0. The summed E-state index contributed by atoms with van der Waals surface area (Å²) in [5.74, 6) is 0.414. The Balaban J connectivity index is 1.65. The Morgan fingerprint density at radius 1 is 1.19 bits per heavy atom. The molecular formula is C25H28N2O5. The summed E-state index contributed by atoms with van der Waals surface area (Å²) in [7, 11) is 1.77.